The summed E-state index contributed by atoms with van der Waals surface area (Å²) in [4.78, 5) is 0. The van der Waals surface area contributed by atoms with Crippen molar-refractivity contribution in [1.82, 2.24) is 0 Å². The van der Waals surface area contributed by atoms with Gasteiger partial charge in [0.2, 0.25) is 11.1 Å². The van der Waals surface area contributed by atoms with Crippen LogP contribution in [0.5, 0.6) is 11.5 Å². The molecule has 1 aliphatic heterocycles. The summed E-state index contributed by atoms with van der Waals surface area (Å²) < 4.78 is 17.1. The molecule has 0 aliphatic carbocycles. The fraction of sp³-hybridized carbons (Fsp3) is 0.143. The van der Waals surface area contributed by atoms with Crippen LogP contribution in [0.3, 0.4) is 0 Å². The molecule has 1 aliphatic rings. The number of phenolic OH excluding ortho intramolecular Hbond substituents is 1. The monoisotopic (exact) mass is 326 g/mol. The van der Waals surface area contributed by atoms with Gasteiger partial charge in [-0.1, -0.05) is 0 Å². The van der Waals surface area contributed by atoms with Gasteiger partial charge in [0.1, 0.15) is 11.5 Å². The van der Waals surface area contributed by atoms with Crippen molar-refractivity contribution in [3.05, 3.63) is 20.6 Å². The van der Waals surface area contributed by atoms with Gasteiger partial charge in [-0.3, -0.25) is 0 Å². The third-order valence-electron chi connectivity index (χ3n) is 1.70. The van der Waals surface area contributed by atoms with Crippen molar-refractivity contribution < 1.29 is 13.5 Å². The highest BCUT2D eigenvalue weighted by Gasteiger charge is 2.25. The fourth-order valence-corrected chi connectivity index (χ4v) is 3.42. The van der Waals surface area contributed by atoms with Crippen LogP contribution in [0.1, 0.15) is 5.56 Å². The van der Waals surface area contributed by atoms with Crippen LogP contribution in [0.2, 0.25) is 0 Å². The van der Waals surface area contributed by atoms with E-state index < -0.39 is 11.1 Å². The zero-order valence-electron chi connectivity index (χ0n) is 6.21. The van der Waals surface area contributed by atoms with Crippen molar-refractivity contribution >= 4 is 42.9 Å². The number of halogens is 2. The number of phenols is 1. The maximum atomic E-state index is 11.0. The van der Waals surface area contributed by atoms with Crippen LogP contribution >= 0.6 is 31.9 Å². The van der Waals surface area contributed by atoms with E-state index in [2.05, 4.69) is 31.9 Å². The van der Waals surface area contributed by atoms with Gasteiger partial charge in [0.15, 0.2) is 0 Å². The standard InChI is InChI=1S/C7H4Br2O3S/c8-4-1-5-3(2-13(11)12-5)6(9)7(4)10/h1,10H,2H2. The highest BCUT2D eigenvalue weighted by Crippen LogP contribution is 2.43. The van der Waals surface area contributed by atoms with Gasteiger partial charge in [-0.2, -0.15) is 0 Å². The number of hydrogen-bond donors (Lipinski definition) is 1. The fourth-order valence-electron chi connectivity index (χ4n) is 1.08. The molecule has 13 heavy (non-hydrogen) atoms. The summed E-state index contributed by atoms with van der Waals surface area (Å²) >= 11 is 5.07. The quantitative estimate of drug-likeness (QED) is 0.796. The van der Waals surface area contributed by atoms with Gasteiger partial charge in [-0.15, -0.1) is 0 Å². The zero-order valence-corrected chi connectivity index (χ0v) is 10.2. The molecular weight excluding hydrogens is 324 g/mol. The molecule has 0 saturated heterocycles. The van der Waals surface area contributed by atoms with Crippen LogP contribution in [0, 0.1) is 0 Å². The molecule has 1 unspecified atom stereocenters. The number of hydrogen-bond acceptors (Lipinski definition) is 3. The summed E-state index contributed by atoms with van der Waals surface area (Å²) in [5.74, 6) is 0.979. The van der Waals surface area contributed by atoms with Gasteiger partial charge in [0.05, 0.1) is 14.7 Å². The molecule has 6 heteroatoms. The van der Waals surface area contributed by atoms with Gasteiger partial charge >= 0.3 is 0 Å². The van der Waals surface area contributed by atoms with Crippen molar-refractivity contribution in [2.24, 2.45) is 0 Å². The summed E-state index contributed by atoms with van der Waals surface area (Å²) in [5, 5.41) is 9.51. The molecule has 70 valence electrons. The molecule has 0 fully saturated rings. The van der Waals surface area contributed by atoms with Crippen molar-refractivity contribution in [2.45, 2.75) is 5.75 Å². The van der Waals surface area contributed by atoms with E-state index >= 15 is 0 Å². The largest absolute Gasteiger partial charge is 0.506 e. The predicted octanol–water partition coefficient (Wildman–Crippen LogP) is 2.47. The molecule has 0 bridgehead atoms. The molecule has 0 saturated carbocycles. The Morgan fingerprint density at radius 2 is 2.23 bits per heavy atom. The Hall–Kier alpha value is -0.0700. The number of rotatable bonds is 0. The van der Waals surface area contributed by atoms with Gasteiger partial charge < -0.3 is 9.29 Å². The summed E-state index contributed by atoms with van der Waals surface area (Å²) in [5.41, 5.74) is 0.749. The van der Waals surface area contributed by atoms with Gasteiger partial charge in [0, 0.05) is 11.6 Å². The van der Waals surface area contributed by atoms with Crippen LogP contribution in [0.4, 0.5) is 0 Å². The molecule has 1 atom stereocenters. The SMILES string of the molecule is O=S1Cc2c(cc(Br)c(O)c2Br)O1. The van der Waals surface area contributed by atoms with E-state index in [-0.39, 0.29) is 5.75 Å². The van der Waals surface area contributed by atoms with E-state index in [4.69, 9.17) is 4.18 Å². The zero-order chi connectivity index (χ0) is 9.59. The van der Waals surface area contributed by atoms with Gasteiger partial charge in [0.25, 0.3) is 0 Å². The maximum Gasteiger partial charge on any atom is 0.211 e. The molecule has 1 aromatic carbocycles. The van der Waals surface area contributed by atoms with Gasteiger partial charge in [-0.25, -0.2) is 4.21 Å². The number of fused-ring (bicyclic) bond motifs is 1. The second-order valence-corrected chi connectivity index (χ2v) is 5.24. The molecule has 0 amide bonds. The molecule has 0 spiro atoms. The first-order valence-electron chi connectivity index (χ1n) is 3.36. The normalized spacial score (nSPS) is 19.7. The van der Waals surface area contributed by atoms with E-state index in [1.165, 1.54) is 0 Å². The maximum absolute atomic E-state index is 11.0. The van der Waals surface area contributed by atoms with E-state index in [1.54, 1.807) is 6.07 Å². The van der Waals surface area contributed by atoms with E-state index in [9.17, 15) is 9.32 Å². The molecule has 2 rings (SSSR count). The molecule has 1 heterocycles. The first-order valence-corrected chi connectivity index (χ1v) is 6.19. The number of aromatic hydroxyl groups is 1. The van der Waals surface area contributed by atoms with Crippen molar-refractivity contribution in [1.29, 1.82) is 0 Å². The van der Waals surface area contributed by atoms with Crippen LogP contribution in [-0.4, -0.2) is 9.32 Å². The lowest BCUT2D eigenvalue weighted by molar-refractivity contribution is 0.466. The number of benzene rings is 1. The van der Waals surface area contributed by atoms with Crippen molar-refractivity contribution in [2.75, 3.05) is 0 Å². The second-order valence-electron chi connectivity index (χ2n) is 2.53. The Bertz CT molecular complexity index is 405. The highest BCUT2D eigenvalue weighted by atomic mass is 79.9. The Morgan fingerprint density at radius 1 is 1.54 bits per heavy atom. The van der Waals surface area contributed by atoms with Crippen LogP contribution in [0.25, 0.3) is 0 Å². The Morgan fingerprint density at radius 3 is 2.92 bits per heavy atom. The smallest absolute Gasteiger partial charge is 0.211 e. The average molecular weight is 328 g/mol. The Labute approximate surface area is 94.0 Å². The molecule has 1 aromatic rings. The minimum Gasteiger partial charge on any atom is -0.506 e. The predicted molar refractivity (Wildman–Crippen MR) is 56.0 cm³/mol. The lowest BCUT2D eigenvalue weighted by atomic mass is 10.2. The summed E-state index contributed by atoms with van der Waals surface area (Å²) in [6, 6.07) is 1.61. The van der Waals surface area contributed by atoms with E-state index in [0.717, 1.165) is 5.56 Å². The molecule has 0 radical (unpaired) electrons. The molecule has 0 aromatic heterocycles. The second kappa shape index (κ2) is 3.25. The summed E-state index contributed by atoms with van der Waals surface area (Å²) in [6.45, 7) is 0. The first-order chi connectivity index (χ1) is 6.09. The van der Waals surface area contributed by atoms with Crippen LogP contribution in [-0.2, 0) is 16.8 Å². The van der Waals surface area contributed by atoms with Crippen LogP contribution < -0.4 is 4.18 Å². The average Bonchev–Trinajstić information content (AvgIpc) is 2.42. The third-order valence-corrected chi connectivity index (χ3v) is 4.05. The minimum atomic E-state index is -1.31. The Balaban J connectivity index is 2.66. The van der Waals surface area contributed by atoms with Crippen molar-refractivity contribution in [3.63, 3.8) is 0 Å². The van der Waals surface area contributed by atoms with Crippen molar-refractivity contribution in [3.8, 4) is 11.5 Å². The van der Waals surface area contributed by atoms with Gasteiger partial charge in [-0.05, 0) is 31.9 Å². The molecule has 1 N–H and O–H groups in total. The Kier molecular flexibility index (Phi) is 2.37. The summed E-state index contributed by atoms with van der Waals surface area (Å²) in [7, 11) is 0. The minimum absolute atomic E-state index is 0.112. The lowest BCUT2D eigenvalue weighted by Gasteiger charge is -2.03. The first kappa shape index (κ1) is 9.48. The third kappa shape index (κ3) is 1.51. The molecule has 3 nitrogen and oxygen atoms in total. The molecular formula is C7H4Br2O3S. The van der Waals surface area contributed by atoms with E-state index in [1.807, 2.05) is 0 Å². The summed E-state index contributed by atoms with van der Waals surface area (Å²) in [6.07, 6.45) is 0. The van der Waals surface area contributed by atoms with E-state index in [0.29, 0.717) is 20.4 Å². The van der Waals surface area contributed by atoms with Crippen LogP contribution in [0.15, 0.2) is 15.0 Å². The topological polar surface area (TPSA) is 46.5 Å². The highest BCUT2D eigenvalue weighted by molar-refractivity contribution is 9.11. The lowest BCUT2D eigenvalue weighted by Crippen LogP contribution is -1.90.